The van der Waals surface area contributed by atoms with Crippen LogP contribution in [0.4, 0.5) is 10.1 Å². The number of nitrogens with one attached hydrogen (secondary N) is 1. The van der Waals surface area contributed by atoms with E-state index in [9.17, 15) is 14.0 Å². The summed E-state index contributed by atoms with van der Waals surface area (Å²) < 4.78 is 18.1. The van der Waals surface area contributed by atoms with Crippen LogP contribution in [0.15, 0.2) is 48.5 Å². The maximum absolute atomic E-state index is 12.9. The number of benzene rings is 2. The number of carbonyl (C=O) groups is 2. The molecule has 2 aromatic carbocycles. The number of amides is 1. The average Bonchev–Trinajstić information content (AvgIpc) is 3.05. The zero-order valence-electron chi connectivity index (χ0n) is 15.0. The minimum atomic E-state index is -1.09. The number of halogens is 2. The van der Waals surface area contributed by atoms with Gasteiger partial charge in [-0.05, 0) is 56.3 Å². The monoisotopic (exact) mass is 402 g/mol. The Balaban J connectivity index is 1.68. The Morgan fingerprint density at radius 1 is 1.18 bits per heavy atom. The van der Waals surface area contributed by atoms with Gasteiger partial charge in [0.1, 0.15) is 5.82 Å². The highest BCUT2D eigenvalue weighted by Crippen LogP contribution is 2.15. The summed E-state index contributed by atoms with van der Waals surface area (Å²) in [6, 6.07) is 12.1. The summed E-state index contributed by atoms with van der Waals surface area (Å²) in [4.78, 5) is 25.8. The van der Waals surface area contributed by atoms with Crippen molar-refractivity contribution in [1.82, 2.24) is 15.0 Å². The van der Waals surface area contributed by atoms with Crippen LogP contribution in [0, 0.1) is 12.7 Å². The Morgan fingerprint density at radius 3 is 2.57 bits per heavy atom. The van der Waals surface area contributed by atoms with Gasteiger partial charge in [-0.15, -0.1) is 5.10 Å². The highest BCUT2D eigenvalue weighted by molar-refractivity contribution is 6.30. The molecule has 9 heteroatoms. The van der Waals surface area contributed by atoms with Crippen LogP contribution < -0.4 is 5.32 Å². The van der Waals surface area contributed by atoms with E-state index >= 15 is 0 Å². The molecule has 3 aromatic rings. The van der Waals surface area contributed by atoms with E-state index < -0.39 is 23.8 Å². The SMILES string of the molecule is Cc1nn(-c2cccc(Cl)c2)nc1C(=O)O[C@@H](C)C(=O)Nc1ccc(F)cc1. The van der Waals surface area contributed by atoms with Gasteiger partial charge in [-0.3, -0.25) is 4.79 Å². The highest BCUT2D eigenvalue weighted by atomic mass is 35.5. The maximum Gasteiger partial charge on any atom is 0.361 e. The predicted molar refractivity (Wildman–Crippen MR) is 101 cm³/mol. The van der Waals surface area contributed by atoms with Crippen LogP contribution >= 0.6 is 11.6 Å². The Labute approximate surface area is 165 Å². The molecule has 1 atom stereocenters. The number of esters is 1. The first kappa shape index (κ1) is 19.5. The first-order valence-corrected chi connectivity index (χ1v) is 8.68. The number of hydrogen-bond donors (Lipinski definition) is 1. The number of nitrogens with zero attached hydrogens (tertiary/aromatic N) is 3. The molecule has 0 saturated carbocycles. The number of anilines is 1. The van der Waals surface area contributed by atoms with Crippen molar-refractivity contribution in [3.63, 3.8) is 0 Å². The standard InChI is InChI=1S/C19H16ClFN4O3/c1-11-17(24-25(23-11)16-5-3-4-13(20)10-16)19(27)28-12(2)18(26)22-15-8-6-14(21)7-9-15/h3-10,12H,1-2H3,(H,22,26)/t12-/m0/s1. The van der Waals surface area contributed by atoms with Gasteiger partial charge in [-0.2, -0.15) is 9.90 Å². The van der Waals surface area contributed by atoms with E-state index in [-0.39, 0.29) is 5.69 Å². The minimum absolute atomic E-state index is 0.0126. The van der Waals surface area contributed by atoms with Gasteiger partial charge in [0.05, 0.1) is 11.4 Å². The van der Waals surface area contributed by atoms with Crippen molar-refractivity contribution in [3.8, 4) is 5.69 Å². The van der Waals surface area contributed by atoms with Gasteiger partial charge in [-0.1, -0.05) is 17.7 Å². The van der Waals surface area contributed by atoms with Crippen molar-refractivity contribution in [1.29, 1.82) is 0 Å². The molecule has 1 aromatic heterocycles. The lowest BCUT2D eigenvalue weighted by Crippen LogP contribution is -2.30. The average molecular weight is 403 g/mol. The summed E-state index contributed by atoms with van der Waals surface area (Å²) in [5.74, 6) is -1.76. The third-order valence-electron chi connectivity index (χ3n) is 3.78. The van der Waals surface area contributed by atoms with Crippen molar-refractivity contribution in [2.24, 2.45) is 0 Å². The first-order valence-electron chi connectivity index (χ1n) is 8.31. The molecule has 0 unspecified atom stereocenters. The molecular formula is C19H16ClFN4O3. The van der Waals surface area contributed by atoms with Crippen molar-refractivity contribution in [2.75, 3.05) is 5.32 Å². The third-order valence-corrected chi connectivity index (χ3v) is 4.01. The molecule has 1 amide bonds. The van der Waals surface area contributed by atoms with E-state index in [0.29, 0.717) is 22.1 Å². The Kier molecular flexibility index (Phi) is 5.70. The second-order valence-corrected chi connectivity index (χ2v) is 6.38. The Bertz CT molecular complexity index is 1020. The zero-order chi connectivity index (χ0) is 20.3. The predicted octanol–water partition coefficient (Wildman–Crippen LogP) is 3.55. The molecule has 0 radical (unpaired) electrons. The van der Waals surface area contributed by atoms with Gasteiger partial charge in [-0.25, -0.2) is 9.18 Å². The summed E-state index contributed by atoms with van der Waals surface area (Å²) >= 11 is 5.96. The third kappa shape index (κ3) is 4.52. The van der Waals surface area contributed by atoms with Crippen LogP contribution in [0.1, 0.15) is 23.1 Å². The van der Waals surface area contributed by atoms with Gasteiger partial charge >= 0.3 is 5.97 Å². The summed E-state index contributed by atoms with van der Waals surface area (Å²) in [6.07, 6.45) is -1.09. The topological polar surface area (TPSA) is 86.1 Å². The first-order chi connectivity index (χ1) is 13.3. The van der Waals surface area contributed by atoms with Crippen LogP contribution in [0.3, 0.4) is 0 Å². The molecule has 28 heavy (non-hydrogen) atoms. The summed E-state index contributed by atoms with van der Waals surface area (Å²) in [7, 11) is 0. The lowest BCUT2D eigenvalue weighted by atomic mass is 10.3. The summed E-state index contributed by atoms with van der Waals surface area (Å²) in [5, 5.41) is 11.3. The number of hydrogen-bond acceptors (Lipinski definition) is 5. The van der Waals surface area contributed by atoms with Crippen molar-refractivity contribution >= 4 is 29.2 Å². The second kappa shape index (κ2) is 8.18. The van der Waals surface area contributed by atoms with Crippen molar-refractivity contribution in [3.05, 3.63) is 70.8 Å². The molecule has 0 bridgehead atoms. The Morgan fingerprint density at radius 2 is 1.89 bits per heavy atom. The van der Waals surface area contributed by atoms with Gasteiger partial charge in [0, 0.05) is 10.7 Å². The van der Waals surface area contributed by atoms with Gasteiger partial charge in [0.25, 0.3) is 5.91 Å². The lowest BCUT2D eigenvalue weighted by molar-refractivity contribution is -0.123. The molecule has 1 N–H and O–H groups in total. The molecule has 0 saturated heterocycles. The fourth-order valence-electron chi connectivity index (χ4n) is 2.33. The van der Waals surface area contributed by atoms with Gasteiger partial charge < -0.3 is 10.1 Å². The largest absolute Gasteiger partial charge is 0.448 e. The molecule has 7 nitrogen and oxygen atoms in total. The van der Waals surface area contributed by atoms with E-state index in [4.69, 9.17) is 16.3 Å². The minimum Gasteiger partial charge on any atom is -0.448 e. The Hall–Kier alpha value is -3.26. The highest BCUT2D eigenvalue weighted by Gasteiger charge is 2.23. The molecule has 144 valence electrons. The van der Waals surface area contributed by atoms with E-state index in [2.05, 4.69) is 15.5 Å². The van der Waals surface area contributed by atoms with Crippen LogP contribution in [-0.2, 0) is 9.53 Å². The van der Waals surface area contributed by atoms with Crippen LogP contribution in [0.2, 0.25) is 5.02 Å². The van der Waals surface area contributed by atoms with E-state index in [1.165, 1.54) is 36.0 Å². The molecule has 0 aliphatic carbocycles. The van der Waals surface area contributed by atoms with E-state index in [1.54, 1.807) is 31.2 Å². The number of aromatic nitrogens is 3. The molecular weight excluding hydrogens is 387 g/mol. The summed E-state index contributed by atoms with van der Waals surface area (Å²) in [5.41, 5.74) is 1.30. The van der Waals surface area contributed by atoms with Gasteiger partial charge in [0.2, 0.25) is 0 Å². The maximum atomic E-state index is 12.9. The second-order valence-electron chi connectivity index (χ2n) is 5.95. The number of ether oxygens (including phenoxy) is 1. The van der Waals surface area contributed by atoms with Crippen LogP contribution in [-0.4, -0.2) is 33.0 Å². The zero-order valence-corrected chi connectivity index (χ0v) is 15.8. The van der Waals surface area contributed by atoms with Crippen LogP contribution in [0.25, 0.3) is 5.69 Å². The molecule has 3 rings (SSSR count). The fraction of sp³-hybridized carbons (Fsp3) is 0.158. The molecule has 0 aliphatic heterocycles. The number of rotatable bonds is 5. The van der Waals surface area contributed by atoms with Gasteiger partial charge in [0.15, 0.2) is 11.8 Å². The van der Waals surface area contributed by atoms with Crippen molar-refractivity contribution in [2.45, 2.75) is 20.0 Å². The quantitative estimate of drug-likeness (QED) is 0.659. The smallest absolute Gasteiger partial charge is 0.361 e. The normalized spacial score (nSPS) is 11.7. The van der Waals surface area contributed by atoms with Crippen LogP contribution in [0.5, 0.6) is 0 Å². The van der Waals surface area contributed by atoms with E-state index in [0.717, 1.165) is 0 Å². The number of aryl methyl sites for hydroxylation is 1. The van der Waals surface area contributed by atoms with Crippen molar-refractivity contribution < 1.29 is 18.7 Å². The van der Waals surface area contributed by atoms with E-state index in [1.807, 2.05) is 0 Å². The molecule has 1 heterocycles. The fourth-order valence-corrected chi connectivity index (χ4v) is 2.51. The molecule has 0 aliphatic rings. The summed E-state index contributed by atoms with van der Waals surface area (Å²) in [6.45, 7) is 3.03. The number of carbonyl (C=O) groups excluding carboxylic acids is 2. The lowest BCUT2D eigenvalue weighted by Gasteiger charge is -2.12. The molecule has 0 fully saturated rings. The molecule has 0 spiro atoms.